The molecule has 1 unspecified atom stereocenters. The quantitative estimate of drug-likeness (QED) is 0.672. The molecule has 1 nitrogen and oxygen atoms in total. The first-order chi connectivity index (χ1) is 7.29. The lowest BCUT2D eigenvalue weighted by atomic mass is 9.75. The van der Waals surface area contributed by atoms with E-state index < -0.39 is 0 Å². The molecule has 0 aliphatic heterocycles. The maximum atomic E-state index is 5.54. The topological polar surface area (TPSA) is 9.23 Å². The van der Waals surface area contributed by atoms with Crippen LogP contribution in [0.4, 0.5) is 0 Å². The van der Waals surface area contributed by atoms with Crippen LogP contribution in [0.25, 0.3) is 0 Å². The van der Waals surface area contributed by atoms with Gasteiger partial charge in [0.15, 0.2) is 0 Å². The fraction of sp³-hybridized carbons (Fsp3) is 0.538. The van der Waals surface area contributed by atoms with E-state index in [0.717, 1.165) is 23.5 Å². The van der Waals surface area contributed by atoms with Gasteiger partial charge in [0.05, 0.1) is 0 Å². The molecule has 0 saturated heterocycles. The van der Waals surface area contributed by atoms with Gasteiger partial charge in [-0.25, -0.2) is 0 Å². The Morgan fingerprint density at radius 1 is 1.20 bits per heavy atom. The molecule has 0 spiro atoms. The fourth-order valence-electron chi connectivity index (χ4n) is 2.33. The number of hydrogen-bond donors (Lipinski definition) is 0. The highest BCUT2D eigenvalue weighted by atomic mass is 28.2. The van der Waals surface area contributed by atoms with Gasteiger partial charge in [0.25, 0.3) is 0 Å². The molecular formula is C13H22OSi. The van der Waals surface area contributed by atoms with Gasteiger partial charge in [-0.15, -0.1) is 0 Å². The molecule has 84 valence electrons. The van der Waals surface area contributed by atoms with E-state index in [2.05, 4.69) is 44.2 Å². The zero-order valence-electron chi connectivity index (χ0n) is 10.1. The highest BCUT2D eigenvalue weighted by Gasteiger charge is 2.28. The number of rotatable bonds is 6. The van der Waals surface area contributed by atoms with Gasteiger partial charge in [0, 0.05) is 12.0 Å². The van der Waals surface area contributed by atoms with Crippen LogP contribution in [0.2, 0.25) is 0 Å². The van der Waals surface area contributed by atoms with Crippen molar-refractivity contribution in [2.75, 3.05) is 6.61 Å². The van der Waals surface area contributed by atoms with Gasteiger partial charge in [0.2, 0.25) is 0 Å². The smallest absolute Gasteiger partial charge is 0.146 e. The minimum absolute atomic E-state index is 0.248. The van der Waals surface area contributed by atoms with Crippen LogP contribution in [-0.2, 0) is 9.84 Å². The van der Waals surface area contributed by atoms with Crippen molar-refractivity contribution >= 4 is 10.5 Å². The summed E-state index contributed by atoms with van der Waals surface area (Å²) in [4.78, 5) is 0. The molecule has 15 heavy (non-hydrogen) atoms. The summed E-state index contributed by atoms with van der Waals surface area (Å²) in [7, 11) is 0.833. The van der Waals surface area contributed by atoms with Crippen molar-refractivity contribution in [1.82, 2.24) is 0 Å². The Morgan fingerprint density at radius 3 is 2.33 bits per heavy atom. The van der Waals surface area contributed by atoms with Crippen LogP contribution in [-0.4, -0.2) is 17.1 Å². The van der Waals surface area contributed by atoms with Crippen LogP contribution in [0.3, 0.4) is 0 Å². The summed E-state index contributed by atoms with van der Waals surface area (Å²) < 4.78 is 5.54. The Balaban J connectivity index is 2.97. The van der Waals surface area contributed by atoms with Gasteiger partial charge in [-0.3, -0.25) is 0 Å². The van der Waals surface area contributed by atoms with E-state index >= 15 is 0 Å². The molecule has 1 aromatic rings. The summed E-state index contributed by atoms with van der Waals surface area (Å²) >= 11 is 0. The molecular weight excluding hydrogens is 200 g/mol. The van der Waals surface area contributed by atoms with Crippen LogP contribution in [0, 0.1) is 0 Å². The molecule has 1 aromatic carbocycles. The predicted molar refractivity (Wildman–Crippen MR) is 69.2 cm³/mol. The van der Waals surface area contributed by atoms with Gasteiger partial charge in [0.1, 0.15) is 10.5 Å². The molecule has 0 aliphatic rings. The SMILES string of the molecule is CCCC(CC)(CO[SiH3])c1ccccc1. The highest BCUT2D eigenvalue weighted by molar-refractivity contribution is 5.98. The number of hydrogen-bond acceptors (Lipinski definition) is 1. The molecule has 0 fully saturated rings. The van der Waals surface area contributed by atoms with Crippen LogP contribution < -0.4 is 0 Å². The number of benzene rings is 1. The van der Waals surface area contributed by atoms with Crippen molar-refractivity contribution in [2.24, 2.45) is 0 Å². The second kappa shape index (κ2) is 6.08. The van der Waals surface area contributed by atoms with Crippen molar-refractivity contribution < 1.29 is 4.43 Å². The zero-order chi connectivity index (χ0) is 11.1. The van der Waals surface area contributed by atoms with Crippen molar-refractivity contribution in [3.63, 3.8) is 0 Å². The lowest BCUT2D eigenvalue weighted by molar-refractivity contribution is 0.211. The summed E-state index contributed by atoms with van der Waals surface area (Å²) in [5, 5.41) is 0. The average Bonchev–Trinajstić information content (AvgIpc) is 2.30. The lowest BCUT2D eigenvalue weighted by Crippen LogP contribution is -2.30. The van der Waals surface area contributed by atoms with Gasteiger partial charge in [-0.05, 0) is 18.4 Å². The third-order valence-electron chi connectivity index (χ3n) is 3.21. The van der Waals surface area contributed by atoms with Gasteiger partial charge >= 0.3 is 0 Å². The van der Waals surface area contributed by atoms with Crippen LogP contribution >= 0.6 is 0 Å². The summed E-state index contributed by atoms with van der Waals surface area (Å²) in [5.74, 6) is 0. The minimum atomic E-state index is 0.248. The van der Waals surface area contributed by atoms with Crippen molar-refractivity contribution in [1.29, 1.82) is 0 Å². The van der Waals surface area contributed by atoms with Crippen LogP contribution in [0.15, 0.2) is 30.3 Å². The monoisotopic (exact) mass is 222 g/mol. The van der Waals surface area contributed by atoms with Crippen LogP contribution in [0.1, 0.15) is 38.7 Å². The van der Waals surface area contributed by atoms with E-state index in [4.69, 9.17) is 4.43 Å². The molecule has 0 heterocycles. The minimum Gasteiger partial charge on any atom is -0.427 e. The summed E-state index contributed by atoms with van der Waals surface area (Å²) in [6, 6.07) is 10.8. The van der Waals surface area contributed by atoms with Crippen molar-refractivity contribution in [3.05, 3.63) is 35.9 Å². The van der Waals surface area contributed by atoms with E-state index in [1.807, 2.05) is 0 Å². The second-order valence-corrected chi connectivity index (χ2v) is 4.76. The maximum Gasteiger partial charge on any atom is 0.146 e. The Morgan fingerprint density at radius 2 is 1.87 bits per heavy atom. The highest BCUT2D eigenvalue weighted by Crippen LogP contribution is 2.33. The Bertz CT molecular complexity index is 265. The van der Waals surface area contributed by atoms with Gasteiger partial charge in [-0.1, -0.05) is 50.6 Å². The third kappa shape index (κ3) is 2.92. The summed E-state index contributed by atoms with van der Waals surface area (Å²) in [6.07, 6.45) is 3.59. The molecule has 1 atom stereocenters. The average molecular weight is 222 g/mol. The molecule has 0 aliphatic carbocycles. The van der Waals surface area contributed by atoms with E-state index in [-0.39, 0.29) is 5.41 Å². The molecule has 0 bridgehead atoms. The first kappa shape index (κ1) is 12.5. The first-order valence-electron chi connectivity index (χ1n) is 5.83. The summed E-state index contributed by atoms with van der Waals surface area (Å²) in [6.45, 7) is 5.40. The normalized spacial score (nSPS) is 15.1. The standard InChI is InChI=1S/C13H22OSi/c1-3-10-13(4-2,11-14-15)12-8-6-5-7-9-12/h5-9H,3-4,10-11H2,1-2,15H3. The molecule has 1 rings (SSSR count). The Kier molecular flexibility index (Phi) is 5.06. The fourth-order valence-corrected chi connectivity index (χ4v) is 2.88. The molecule has 0 aromatic heterocycles. The zero-order valence-corrected chi connectivity index (χ0v) is 12.1. The van der Waals surface area contributed by atoms with E-state index in [9.17, 15) is 0 Å². The lowest BCUT2D eigenvalue weighted by Gasteiger charge is -2.32. The Hall–Kier alpha value is -0.603. The van der Waals surface area contributed by atoms with Gasteiger partial charge in [-0.2, -0.15) is 0 Å². The first-order valence-corrected chi connectivity index (χ1v) is 6.65. The molecule has 0 saturated carbocycles. The molecule has 2 heteroatoms. The van der Waals surface area contributed by atoms with Crippen molar-refractivity contribution in [2.45, 2.75) is 38.5 Å². The maximum absolute atomic E-state index is 5.54. The molecule has 0 N–H and O–H groups in total. The summed E-state index contributed by atoms with van der Waals surface area (Å²) in [5.41, 5.74) is 1.68. The Labute approximate surface area is 96.4 Å². The third-order valence-corrected chi connectivity index (χ3v) is 3.50. The predicted octanol–water partition coefficient (Wildman–Crippen LogP) is 2.43. The molecule has 0 amide bonds. The van der Waals surface area contributed by atoms with E-state index in [1.54, 1.807) is 0 Å². The van der Waals surface area contributed by atoms with E-state index in [1.165, 1.54) is 18.4 Å². The van der Waals surface area contributed by atoms with Crippen LogP contribution in [0.5, 0.6) is 0 Å². The molecule has 0 radical (unpaired) electrons. The van der Waals surface area contributed by atoms with E-state index in [0.29, 0.717) is 0 Å². The second-order valence-electron chi connectivity index (χ2n) is 4.18. The largest absolute Gasteiger partial charge is 0.427 e. The van der Waals surface area contributed by atoms with Gasteiger partial charge < -0.3 is 4.43 Å². The van der Waals surface area contributed by atoms with Crippen molar-refractivity contribution in [3.8, 4) is 0 Å².